The molecule has 0 radical (unpaired) electrons. The number of benzene rings is 1. The average molecular weight is 404 g/mol. The summed E-state index contributed by atoms with van der Waals surface area (Å²) in [6.07, 6.45) is 2.58. The molecule has 1 heterocycles. The van der Waals surface area contributed by atoms with Gasteiger partial charge in [-0.1, -0.05) is 26.8 Å². The fraction of sp³-hybridized carbons (Fsp3) is 0.619. The average Bonchev–Trinajstić information content (AvgIpc) is 2.83. The van der Waals surface area contributed by atoms with Crippen molar-refractivity contribution in [2.45, 2.75) is 66.0 Å². The molecule has 1 unspecified atom stereocenters. The molecule has 1 aromatic carbocycles. The number of fused-ring (bicyclic) bond motifs is 2. The molecule has 1 fully saturated rings. The minimum Gasteiger partial charge on any atom is -0.467 e. The normalized spacial score (nSPS) is 33.5. The van der Waals surface area contributed by atoms with E-state index < -0.39 is 0 Å². The zero-order chi connectivity index (χ0) is 18.1. The van der Waals surface area contributed by atoms with Crippen LogP contribution in [0, 0.1) is 24.2 Å². The fourth-order valence-corrected chi connectivity index (χ4v) is 5.76. The van der Waals surface area contributed by atoms with E-state index in [4.69, 9.17) is 4.74 Å². The lowest BCUT2D eigenvalue weighted by molar-refractivity contribution is -0.115. The molecular weight excluding hydrogens is 378 g/mol. The molecule has 4 atom stereocenters. The third-order valence-electron chi connectivity index (χ3n) is 6.52. The van der Waals surface area contributed by atoms with Crippen molar-refractivity contribution in [2.24, 2.45) is 22.2 Å². The first-order valence-corrected chi connectivity index (χ1v) is 10.1. The van der Waals surface area contributed by atoms with Crippen LogP contribution in [0.5, 0.6) is 5.75 Å². The first-order chi connectivity index (χ1) is 11.7. The summed E-state index contributed by atoms with van der Waals surface area (Å²) >= 11 is 3.69. The summed E-state index contributed by atoms with van der Waals surface area (Å²) in [6, 6.07) is 2.28. The lowest BCUT2D eigenvalue weighted by Gasteiger charge is -2.35. The Balaban J connectivity index is 2.04. The summed E-state index contributed by atoms with van der Waals surface area (Å²) in [7, 11) is 0. The highest BCUT2D eigenvalue weighted by Gasteiger charge is 2.52. The van der Waals surface area contributed by atoms with Gasteiger partial charge in [0.1, 0.15) is 11.5 Å². The van der Waals surface area contributed by atoms with Gasteiger partial charge >= 0.3 is 0 Å². The highest BCUT2D eigenvalue weighted by Crippen LogP contribution is 2.60. The van der Waals surface area contributed by atoms with Gasteiger partial charge in [-0.15, -0.1) is 0 Å². The molecule has 134 valence electrons. The quantitative estimate of drug-likeness (QED) is 0.628. The molecule has 0 saturated heterocycles. The molecule has 4 heteroatoms. The summed E-state index contributed by atoms with van der Waals surface area (Å²) in [5.41, 5.74) is 4.08. The van der Waals surface area contributed by atoms with Gasteiger partial charge < -0.3 is 4.74 Å². The van der Waals surface area contributed by atoms with Crippen LogP contribution >= 0.6 is 15.9 Å². The molecule has 2 aliphatic carbocycles. The Hall–Kier alpha value is -1.16. The Labute approximate surface area is 158 Å². The summed E-state index contributed by atoms with van der Waals surface area (Å²) in [5, 5.41) is 0. The van der Waals surface area contributed by atoms with E-state index in [0.29, 0.717) is 29.9 Å². The van der Waals surface area contributed by atoms with E-state index in [0.717, 1.165) is 22.2 Å². The molecule has 0 amide bonds. The fourth-order valence-electron chi connectivity index (χ4n) is 5.35. The highest BCUT2D eigenvalue weighted by molar-refractivity contribution is 9.10. The van der Waals surface area contributed by atoms with Gasteiger partial charge in [-0.25, -0.2) is 4.99 Å². The second-order valence-electron chi connectivity index (χ2n) is 8.67. The highest BCUT2D eigenvalue weighted by atomic mass is 79.9. The van der Waals surface area contributed by atoms with Crippen molar-refractivity contribution < 1.29 is 9.53 Å². The molecule has 0 aromatic heterocycles. The number of hydrogen-bond acceptors (Lipinski definition) is 3. The number of ketones is 1. The lowest BCUT2D eigenvalue weighted by atomic mass is 9.69. The van der Waals surface area contributed by atoms with E-state index in [9.17, 15) is 4.79 Å². The number of aryl methyl sites for hydroxylation is 1. The zero-order valence-electron chi connectivity index (χ0n) is 15.6. The monoisotopic (exact) mass is 403 g/mol. The van der Waals surface area contributed by atoms with Crippen molar-refractivity contribution in [3.8, 4) is 5.75 Å². The van der Waals surface area contributed by atoms with Crippen LogP contribution in [0.3, 0.4) is 0 Å². The molecule has 0 spiro atoms. The predicted octanol–water partition coefficient (Wildman–Crippen LogP) is 5.41. The third kappa shape index (κ3) is 2.43. The second-order valence-corrected chi connectivity index (χ2v) is 9.47. The smallest absolute Gasteiger partial charge is 0.187 e. The van der Waals surface area contributed by atoms with Gasteiger partial charge in [-0.2, -0.15) is 0 Å². The minimum absolute atomic E-state index is 0.0170. The topological polar surface area (TPSA) is 38.7 Å². The van der Waals surface area contributed by atoms with E-state index in [1.54, 1.807) is 0 Å². The van der Waals surface area contributed by atoms with Crippen molar-refractivity contribution in [3.05, 3.63) is 27.2 Å². The van der Waals surface area contributed by atoms with Gasteiger partial charge in [-0.3, -0.25) is 4.79 Å². The van der Waals surface area contributed by atoms with Crippen molar-refractivity contribution in [1.29, 1.82) is 0 Å². The van der Waals surface area contributed by atoms with E-state index in [2.05, 4.69) is 54.7 Å². The number of halogens is 1. The van der Waals surface area contributed by atoms with Crippen molar-refractivity contribution in [1.82, 2.24) is 0 Å². The summed E-state index contributed by atoms with van der Waals surface area (Å²) in [4.78, 5) is 17.8. The number of rotatable bonds is 1. The molecule has 0 bridgehead atoms. The first kappa shape index (κ1) is 17.3. The minimum atomic E-state index is -0.316. The molecule has 1 aromatic rings. The summed E-state index contributed by atoms with van der Waals surface area (Å²) < 4.78 is 7.04. The van der Waals surface area contributed by atoms with Gasteiger partial charge in [0.05, 0.1) is 10.0 Å². The van der Waals surface area contributed by atoms with Gasteiger partial charge in [-0.05, 0) is 76.9 Å². The molecule has 1 saturated carbocycles. The molecular formula is C21H26BrNO2. The summed E-state index contributed by atoms with van der Waals surface area (Å²) in [6.45, 7) is 11.0. The van der Waals surface area contributed by atoms with Crippen molar-refractivity contribution in [3.63, 3.8) is 0 Å². The molecule has 1 aliphatic heterocycles. The van der Waals surface area contributed by atoms with E-state index in [1.807, 2.05) is 6.92 Å². The molecule has 3 aliphatic rings. The number of ether oxygens (including phenoxy) is 1. The predicted molar refractivity (Wildman–Crippen MR) is 104 cm³/mol. The van der Waals surface area contributed by atoms with Crippen LogP contribution in [-0.4, -0.2) is 17.7 Å². The van der Waals surface area contributed by atoms with Crippen LogP contribution < -0.4 is 4.74 Å². The SMILES string of the molecule is Cc1cc2c3c(c1Br)O[C@H](C)N=C3C(=O)C[C@]1(C)CCC(C(C)C)[C@H]21. The van der Waals surface area contributed by atoms with Crippen molar-refractivity contribution >= 4 is 27.4 Å². The number of aliphatic imine (C=N–C) groups is 1. The number of hydrogen-bond donors (Lipinski definition) is 0. The molecule has 0 N–H and O–H groups in total. The number of nitrogens with zero attached hydrogens (tertiary/aromatic N) is 1. The maximum Gasteiger partial charge on any atom is 0.187 e. The van der Waals surface area contributed by atoms with Crippen LogP contribution in [0.2, 0.25) is 0 Å². The molecule has 4 rings (SSSR count). The maximum absolute atomic E-state index is 13.2. The van der Waals surface area contributed by atoms with E-state index in [1.165, 1.54) is 17.5 Å². The van der Waals surface area contributed by atoms with Crippen LogP contribution in [0.25, 0.3) is 0 Å². The Morgan fingerprint density at radius 3 is 2.80 bits per heavy atom. The summed E-state index contributed by atoms with van der Waals surface area (Å²) in [5.74, 6) is 2.59. The number of carbonyl (C=O) groups is 1. The van der Waals surface area contributed by atoms with Gasteiger partial charge in [0.25, 0.3) is 0 Å². The number of carbonyl (C=O) groups excluding carboxylic acids is 1. The molecule has 25 heavy (non-hydrogen) atoms. The van der Waals surface area contributed by atoms with Gasteiger partial charge in [0.15, 0.2) is 12.0 Å². The Morgan fingerprint density at radius 2 is 2.12 bits per heavy atom. The Bertz CT molecular complexity index is 798. The second kappa shape index (κ2) is 5.67. The van der Waals surface area contributed by atoms with E-state index >= 15 is 0 Å². The van der Waals surface area contributed by atoms with Crippen molar-refractivity contribution in [2.75, 3.05) is 0 Å². The van der Waals surface area contributed by atoms with Crippen LogP contribution in [0.15, 0.2) is 15.5 Å². The lowest BCUT2D eigenvalue weighted by Crippen LogP contribution is -2.28. The first-order valence-electron chi connectivity index (χ1n) is 9.34. The van der Waals surface area contributed by atoms with E-state index in [-0.39, 0.29) is 17.4 Å². The Kier molecular flexibility index (Phi) is 3.91. The van der Waals surface area contributed by atoms with Crippen LogP contribution in [0.1, 0.15) is 69.6 Å². The van der Waals surface area contributed by atoms with Gasteiger partial charge in [0.2, 0.25) is 0 Å². The van der Waals surface area contributed by atoms with Crippen LogP contribution in [0.4, 0.5) is 0 Å². The van der Waals surface area contributed by atoms with Gasteiger partial charge in [0, 0.05) is 6.42 Å². The van der Waals surface area contributed by atoms with Crippen LogP contribution in [-0.2, 0) is 4.79 Å². The Morgan fingerprint density at radius 1 is 1.40 bits per heavy atom. The molecule has 3 nitrogen and oxygen atoms in total. The standard InChI is InChI=1S/C21H26BrNO2/c1-10(2)13-6-7-21(5)9-15(24)19-16-14(17(13)21)8-11(3)18(22)20(16)25-12(4)23-19/h8,10,12-13,17H,6-7,9H2,1-5H3/t12-,13?,17-,21+/m1/s1. The maximum atomic E-state index is 13.2. The third-order valence-corrected chi connectivity index (χ3v) is 7.50. The number of Topliss-reactive ketones (excluding diaryl/α,β-unsaturated/α-hetero) is 1. The largest absolute Gasteiger partial charge is 0.467 e. The zero-order valence-corrected chi connectivity index (χ0v) is 17.2.